The van der Waals surface area contributed by atoms with Gasteiger partial charge < -0.3 is 101 Å². The lowest BCUT2D eigenvalue weighted by atomic mass is 10.1. The van der Waals surface area contributed by atoms with Crippen molar-refractivity contribution < 1.29 is 131 Å². The first-order chi connectivity index (χ1) is 63.2. The van der Waals surface area contributed by atoms with Gasteiger partial charge in [-0.25, -0.2) is 47.6 Å². The van der Waals surface area contributed by atoms with Crippen molar-refractivity contribution >= 4 is 114 Å². The van der Waals surface area contributed by atoms with Crippen molar-refractivity contribution in [2.24, 2.45) is 5.92 Å². The van der Waals surface area contributed by atoms with E-state index in [-0.39, 0.29) is 94.5 Å². The maximum Gasteiger partial charge on any atom is 0.472 e. The number of fused-ring (bicyclic) bond motifs is 3. The van der Waals surface area contributed by atoms with Crippen molar-refractivity contribution in [3.8, 4) is 0 Å². The maximum atomic E-state index is 16.2. The molecule has 0 aliphatic carbocycles. The van der Waals surface area contributed by atoms with Crippen molar-refractivity contribution in [1.82, 2.24) is 87.2 Å². The Labute approximate surface area is 744 Å². The zero-order valence-corrected chi connectivity index (χ0v) is 74.1. The van der Waals surface area contributed by atoms with Gasteiger partial charge >= 0.3 is 56.0 Å². The van der Waals surface area contributed by atoms with Gasteiger partial charge in [-0.1, -0.05) is 44.2 Å². The summed E-state index contributed by atoms with van der Waals surface area (Å²) in [6, 6.07) is 12.5. The molecule has 16 rings (SSSR count). The second kappa shape index (κ2) is 39.2. The molecule has 0 bridgehead atoms. The van der Waals surface area contributed by atoms with Crippen LogP contribution in [-0.2, 0) is 108 Å². The van der Waals surface area contributed by atoms with E-state index in [0.29, 0.717) is 0 Å². The summed E-state index contributed by atoms with van der Waals surface area (Å²) in [5.41, 5.74) is 24.0. The highest BCUT2D eigenvalue weighted by Crippen LogP contribution is 2.58. The van der Waals surface area contributed by atoms with Crippen LogP contribution in [0.1, 0.15) is 102 Å². The average Bonchev–Trinajstić information content (AvgIpc) is 1.63. The minimum atomic E-state index is -5.62. The number of carbonyl (C=O) groups is 1. The van der Waals surface area contributed by atoms with Crippen molar-refractivity contribution in [2.45, 2.75) is 176 Å². The Kier molecular flexibility index (Phi) is 28.2. The topological polar surface area (TPSA) is 809 Å². The molecule has 15 heterocycles. The molecular weight excluding hydrogens is 1880 g/mol. The Morgan fingerprint density at radius 2 is 0.789 bits per heavy atom. The molecule has 6 fully saturated rings. The molecule has 63 heteroatoms. The molecule has 0 saturated carbocycles. The lowest BCUT2D eigenvalue weighted by Gasteiger charge is -2.28. The predicted molar refractivity (Wildman–Crippen MR) is 450 cm³/mol. The molecule has 6 saturated heterocycles. The van der Waals surface area contributed by atoms with Gasteiger partial charge in [-0.05, 0) is 36.6 Å². The Hall–Kier alpha value is -10.3. The van der Waals surface area contributed by atoms with E-state index in [0.717, 1.165) is 25.6 Å². The standard InChI is InChI=1S/C70H89N24O34P5/c1-32(2)61(97)81-48-12-15-91(70(103)82-48)50-19-36(43(120-50)26-115-132(109,110)127-38-21-52(90-14-11-47(72)80-69(90)102)121-44(38)27-116-131(107,108)125-35-18-53(118-40(35)23-95)93-30-77-56-59(93)84-66(74)87-63(56)99)124-129(104,16-6-9-33-7-4-3-5-8-33)113-25-42-39(22-54(123-42)94-31-78-57-60(94)85-67(75)88-64(57)100)128-133(111,112)117-28-45-37(20-51(122-45)89-13-10-46(71)79-68(89)101)126-130(105,106)114-24-41-34(96)17-49(119-41)92-29-76-55-58(92)83-65(73)86-62(55)98/h3-5,7-8,10-15,29-32,34-45,49-54,95-96H,6,9,16-28H2,1-2H3,(H,105,106)(H,107,108)(H,109,110)(H,111,112)(H2,71,79,101)(H2,72,80,102)(H3,73,83,86,98)(H3,74,84,87,99)(H3,75,85,88,100)(H,81,82,97,103)/t34-,35-,36-,37-,38-,39-,40+,41+,42+,43+,44?,45?,49+,50+,51+,52+,53+,54+,129?/m0/s1. The van der Waals surface area contributed by atoms with Gasteiger partial charge in [0.15, 0.2) is 33.5 Å². The second-order valence-corrected chi connectivity index (χ2v) is 39.3. The minimum absolute atomic E-state index is 0.00386. The van der Waals surface area contributed by atoms with Crippen molar-refractivity contribution in [1.29, 1.82) is 0 Å². The summed E-state index contributed by atoms with van der Waals surface area (Å²) in [6.45, 7) is -2.47. The molecule has 718 valence electrons. The van der Waals surface area contributed by atoms with Crippen LogP contribution in [0, 0.1) is 5.92 Å². The normalized spacial score (nSPS) is 27.9. The predicted octanol–water partition coefficient (Wildman–Crippen LogP) is -0.0231. The number of phosphoric ester groups is 4. The highest BCUT2D eigenvalue weighted by Gasteiger charge is 2.52. The third-order valence-corrected chi connectivity index (χ3v) is 28.0. The highest BCUT2D eigenvalue weighted by molar-refractivity contribution is 7.53. The zero-order chi connectivity index (χ0) is 94.5. The number of amides is 1. The SMILES string of the molecule is CC(C)C(=O)Nc1ccn([C@H]2C[C@H](OP(=O)(CCCc3ccccc3)OC[C@H]3O[C@@H](n4cnc5c(=O)[nH]c(N)nc54)C[C@@H]3OP(=O)(O)OCC3O[C@@H](n4ccc(N)nc4=O)C[C@@H]3OP(=O)(O)OC[C@H]3O[C@@H](n4cnc5c(=O)[nH]c(N)nc54)C[C@@H]3O)[C@@H](COP(=O)(O)O[C@H]3C[C@H](n4ccc(N)nc4=O)OC3COP(=O)(O)O[C@H]3C[C@H](n4cnc5c(=O)[nH]c(N)nc54)O[C@@H]3CO)O2)c(=O)n1. The fourth-order valence-corrected chi connectivity index (χ4v) is 21.3. The van der Waals surface area contributed by atoms with E-state index in [1.165, 1.54) is 63.1 Å². The number of rotatable bonds is 38. The number of ether oxygens (including phenoxy) is 6. The molecular formula is C70H89N24O34P5. The number of imidazole rings is 3. The second-order valence-electron chi connectivity index (χ2n) is 31.5. The molecule has 23 atom stereocenters. The van der Waals surface area contributed by atoms with Crippen LogP contribution >= 0.6 is 38.9 Å². The number of aromatic amines is 3. The Morgan fingerprint density at radius 1 is 0.451 bits per heavy atom. The summed E-state index contributed by atoms with van der Waals surface area (Å²) in [5.74, 6) is -2.55. The van der Waals surface area contributed by atoms with Gasteiger partial charge in [0.1, 0.15) is 116 Å². The zero-order valence-electron chi connectivity index (χ0n) is 69.6. The Balaban J connectivity index is 0.646. The van der Waals surface area contributed by atoms with Gasteiger partial charge in [-0.2, -0.15) is 29.9 Å². The fraction of sp³-hybridized carbons (Fsp3) is 0.514. The summed E-state index contributed by atoms with van der Waals surface area (Å²) in [7, 11) is -26.8. The van der Waals surface area contributed by atoms with Crippen LogP contribution in [0.25, 0.3) is 33.5 Å². The summed E-state index contributed by atoms with van der Waals surface area (Å²) >= 11 is 0. The number of nitrogen functional groups attached to an aromatic ring is 5. The van der Waals surface area contributed by atoms with Gasteiger partial charge in [0, 0.05) is 63.0 Å². The number of aromatic nitrogens is 18. The number of phosphoric acid groups is 4. The van der Waals surface area contributed by atoms with E-state index < -0.39 is 267 Å². The Morgan fingerprint density at radius 3 is 1.17 bits per heavy atom. The minimum Gasteiger partial charge on any atom is -0.394 e. The van der Waals surface area contributed by atoms with Gasteiger partial charge in [0.05, 0.1) is 77.0 Å². The van der Waals surface area contributed by atoms with E-state index in [9.17, 15) is 81.6 Å². The number of hydrogen-bond acceptors (Lipinski definition) is 44. The van der Waals surface area contributed by atoms with Crippen LogP contribution in [0.3, 0.4) is 0 Å². The van der Waals surface area contributed by atoms with E-state index in [1.54, 1.807) is 44.2 Å². The third-order valence-electron chi connectivity index (χ3n) is 22.0. The molecule has 9 aromatic heterocycles. The number of aliphatic hydroxyl groups is 2. The maximum absolute atomic E-state index is 16.2. The molecule has 20 N–H and O–H groups in total. The molecule has 1 aromatic carbocycles. The van der Waals surface area contributed by atoms with Crippen LogP contribution in [0.2, 0.25) is 0 Å². The average molecular weight is 1970 g/mol. The van der Waals surface area contributed by atoms with Gasteiger partial charge in [-0.3, -0.25) is 102 Å². The Bertz CT molecular complexity index is 6620. The van der Waals surface area contributed by atoms with Crippen LogP contribution < -0.4 is 67.7 Å². The van der Waals surface area contributed by atoms with Crippen LogP contribution in [0.15, 0.2) is 115 Å². The first kappa shape index (κ1) is 95.8. The summed E-state index contributed by atoms with van der Waals surface area (Å²) in [6.07, 6.45) is -22.5. The lowest BCUT2D eigenvalue weighted by Crippen LogP contribution is -2.32. The summed E-state index contributed by atoms with van der Waals surface area (Å²) < 4.78 is 175. The van der Waals surface area contributed by atoms with Crippen molar-refractivity contribution in [2.75, 3.05) is 79.8 Å². The lowest BCUT2D eigenvalue weighted by molar-refractivity contribution is -0.118. The molecule has 58 nitrogen and oxygen atoms in total. The van der Waals surface area contributed by atoms with Gasteiger partial charge in [0.2, 0.25) is 23.8 Å². The monoisotopic (exact) mass is 1960 g/mol. The number of hydrogen-bond donors (Lipinski definition) is 15. The summed E-state index contributed by atoms with van der Waals surface area (Å²) in [4.78, 5) is 181. The van der Waals surface area contributed by atoms with Crippen LogP contribution in [0.5, 0.6) is 0 Å². The molecule has 0 spiro atoms. The number of nitrogens with one attached hydrogen (secondary N) is 4. The molecule has 0 radical (unpaired) electrons. The number of carbonyl (C=O) groups excluding carboxylic acids is 1. The van der Waals surface area contributed by atoms with Crippen LogP contribution in [0.4, 0.5) is 35.3 Å². The van der Waals surface area contributed by atoms with E-state index in [2.05, 4.69) is 65.1 Å². The number of anilines is 6. The molecule has 1 amide bonds. The van der Waals surface area contributed by atoms with Gasteiger partial charge in [-0.15, -0.1) is 0 Å². The number of aliphatic hydroxyl groups excluding tert-OH is 2. The number of H-pyrrole nitrogens is 3. The molecule has 6 aliphatic rings. The molecule has 133 heavy (non-hydrogen) atoms. The first-order valence-electron chi connectivity index (χ1n) is 40.7. The molecule has 6 aliphatic heterocycles. The molecule has 10 aromatic rings. The van der Waals surface area contributed by atoms with Crippen LogP contribution in [-0.4, -0.2) is 242 Å². The number of nitrogens with two attached hydrogens (primary N) is 5. The number of aryl methyl sites for hydroxylation is 1. The fourth-order valence-electron chi connectivity index (χ4n) is 15.6. The van der Waals surface area contributed by atoms with E-state index in [1.807, 2.05) is 0 Å². The van der Waals surface area contributed by atoms with E-state index >= 15 is 4.57 Å². The smallest absolute Gasteiger partial charge is 0.394 e. The quantitative estimate of drug-likeness (QED) is 0.0226. The third kappa shape index (κ3) is 22.3. The number of nitrogens with zero attached hydrogens (tertiary/aromatic N) is 15. The van der Waals surface area contributed by atoms with E-state index in [4.69, 9.17) is 102 Å². The van der Waals surface area contributed by atoms with Crippen molar-refractivity contribution in [3.05, 3.63) is 154 Å². The molecule has 7 unspecified atom stereocenters. The van der Waals surface area contributed by atoms with Gasteiger partial charge in [0.25, 0.3) is 16.7 Å². The first-order valence-corrected chi connectivity index (χ1v) is 48.5. The largest absolute Gasteiger partial charge is 0.472 e. The number of benzene rings is 1. The van der Waals surface area contributed by atoms with Crippen molar-refractivity contribution in [3.63, 3.8) is 0 Å². The highest BCUT2D eigenvalue weighted by atomic mass is 31.2. The summed E-state index contributed by atoms with van der Waals surface area (Å²) in [5, 5.41) is 23.9.